The lowest BCUT2D eigenvalue weighted by Crippen LogP contribution is -2.04. The molecule has 9 heavy (non-hydrogen) atoms. The Morgan fingerprint density at radius 3 is 2.56 bits per heavy atom. The van der Waals surface area contributed by atoms with Crippen LogP contribution >= 0.6 is 23.5 Å². The van der Waals surface area contributed by atoms with E-state index in [0.29, 0.717) is 0 Å². The van der Waals surface area contributed by atoms with Gasteiger partial charge < -0.3 is 0 Å². The van der Waals surface area contributed by atoms with Crippen LogP contribution in [0.4, 0.5) is 0 Å². The molecule has 2 atom stereocenters. The van der Waals surface area contributed by atoms with Crippen LogP contribution in [0.15, 0.2) is 11.0 Å². The Kier molecular flexibility index (Phi) is 2.53. The summed E-state index contributed by atoms with van der Waals surface area (Å²) >= 11 is 3.91. The van der Waals surface area contributed by atoms with Crippen molar-refractivity contribution >= 4 is 23.5 Å². The van der Waals surface area contributed by atoms with Crippen LogP contribution in [0.1, 0.15) is 13.8 Å². The molecule has 0 aromatic heterocycles. The largest absolute Gasteiger partial charge is 0.150 e. The van der Waals surface area contributed by atoms with Crippen LogP contribution in [0.25, 0.3) is 0 Å². The first kappa shape index (κ1) is 7.55. The van der Waals surface area contributed by atoms with Gasteiger partial charge in [0.1, 0.15) is 0 Å². The van der Waals surface area contributed by atoms with Gasteiger partial charge in [-0.2, -0.15) is 11.8 Å². The molecule has 1 aliphatic heterocycles. The molecule has 0 spiro atoms. The van der Waals surface area contributed by atoms with E-state index in [4.69, 9.17) is 0 Å². The summed E-state index contributed by atoms with van der Waals surface area (Å²) in [6.45, 7) is 4.51. The maximum Gasteiger partial charge on any atom is 0.0603 e. The minimum absolute atomic E-state index is 0.782. The van der Waals surface area contributed by atoms with Gasteiger partial charge in [-0.05, 0) is 24.5 Å². The smallest absolute Gasteiger partial charge is 0.0603 e. The highest BCUT2D eigenvalue weighted by Crippen LogP contribution is 2.40. The third-order valence-corrected chi connectivity index (χ3v) is 4.71. The Morgan fingerprint density at radius 1 is 1.67 bits per heavy atom. The van der Waals surface area contributed by atoms with Gasteiger partial charge >= 0.3 is 0 Å². The van der Waals surface area contributed by atoms with E-state index < -0.39 is 0 Å². The number of hydrogen-bond acceptors (Lipinski definition) is 2. The van der Waals surface area contributed by atoms with Crippen LogP contribution in [0.3, 0.4) is 0 Å². The third-order valence-electron chi connectivity index (χ3n) is 1.75. The lowest BCUT2D eigenvalue weighted by Gasteiger charge is -2.12. The topological polar surface area (TPSA) is 0 Å². The molecule has 0 aromatic rings. The molecule has 0 unspecified atom stereocenters. The van der Waals surface area contributed by atoms with Crippen LogP contribution in [-0.4, -0.2) is 10.8 Å². The lowest BCUT2D eigenvalue weighted by molar-refractivity contribution is 0.769. The van der Waals surface area contributed by atoms with Crippen molar-refractivity contribution in [1.82, 2.24) is 0 Å². The molecule has 0 aliphatic carbocycles. The molecule has 1 heterocycles. The molecule has 0 aromatic carbocycles. The lowest BCUT2D eigenvalue weighted by atomic mass is 10.1. The van der Waals surface area contributed by atoms with Crippen LogP contribution in [-0.2, 0) is 0 Å². The maximum absolute atomic E-state index is 2.30. The second-order valence-corrected chi connectivity index (χ2v) is 4.68. The van der Waals surface area contributed by atoms with Gasteiger partial charge in [-0.1, -0.05) is 12.5 Å². The fourth-order valence-corrected chi connectivity index (χ4v) is 3.12. The number of allylic oxidation sites excluding steroid dienone is 1. The zero-order valence-electron chi connectivity index (χ0n) is 6.05. The molecule has 1 aliphatic rings. The molecule has 0 bridgehead atoms. The van der Waals surface area contributed by atoms with Gasteiger partial charge in [0.2, 0.25) is 0 Å². The predicted molar refractivity (Wildman–Crippen MR) is 47.8 cm³/mol. The molecule has 0 saturated carbocycles. The van der Waals surface area contributed by atoms with Gasteiger partial charge in [0.05, 0.1) is 4.58 Å². The zero-order valence-corrected chi connectivity index (χ0v) is 7.68. The van der Waals surface area contributed by atoms with E-state index in [0.717, 1.165) is 10.5 Å². The Hall–Kier alpha value is 0.440. The van der Waals surface area contributed by atoms with Crippen molar-refractivity contribution in [2.24, 2.45) is 5.92 Å². The highest BCUT2D eigenvalue weighted by Gasteiger charge is 2.22. The fourth-order valence-electron chi connectivity index (χ4n) is 0.874. The van der Waals surface area contributed by atoms with Gasteiger partial charge in [-0.3, -0.25) is 0 Å². The second kappa shape index (κ2) is 3.02. The molecular weight excluding hydrogens is 148 g/mol. The maximum atomic E-state index is 2.30. The van der Waals surface area contributed by atoms with E-state index in [9.17, 15) is 0 Å². The average molecular weight is 160 g/mol. The fraction of sp³-hybridized carbons (Fsp3) is 0.714. The summed E-state index contributed by atoms with van der Waals surface area (Å²) in [4.78, 5) is 0. The minimum atomic E-state index is 0.782. The standard InChI is InChI=1S/C7H12S2/c1-5-4-9-7(8-3)6(5)2/h4,6-7H,1-3H3/t6-,7-/m0/s1. The van der Waals surface area contributed by atoms with Crippen molar-refractivity contribution in [2.75, 3.05) is 6.26 Å². The molecule has 52 valence electrons. The van der Waals surface area contributed by atoms with Crippen molar-refractivity contribution in [3.8, 4) is 0 Å². The van der Waals surface area contributed by atoms with Crippen LogP contribution in [0, 0.1) is 5.92 Å². The van der Waals surface area contributed by atoms with E-state index in [1.54, 1.807) is 5.57 Å². The summed E-state index contributed by atoms with van der Waals surface area (Å²) in [5.41, 5.74) is 1.54. The summed E-state index contributed by atoms with van der Waals surface area (Å²) in [6, 6.07) is 0. The molecular formula is C7H12S2. The molecule has 1 rings (SSSR count). The molecule has 0 N–H and O–H groups in total. The third kappa shape index (κ3) is 1.47. The van der Waals surface area contributed by atoms with Gasteiger partial charge in [0.25, 0.3) is 0 Å². The van der Waals surface area contributed by atoms with Crippen molar-refractivity contribution in [3.05, 3.63) is 11.0 Å². The highest BCUT2D eigenvalue weighted by molar-refractivity contribution is 8.18. The van der Waals surface area contributed by atoms with E-state index in [-0.39, 0.29) is 0 Å². The quantitative estimate of drug-likeness (QED) is 0.578. The molecule has 2 heteroatoms. The first-order chi connectivity index (χ1) is 4.25. The van der Waals surface area contributed by atoms with Crippen molar-refractivity contribution < 1.29 is 0 Å². The van der Waals surface area contributed by atoms with E-state index >= 15 is 0 Å². The number of rotatable bonds is 1. The Bertz CT molecular complexity index is 129. The summed E-state index contributed by atoms with van der Waals surface area (Å²) in [5, 5.41) is 2.28. The van der Waals surface area contributed by atoms with Crippen molar-refractivity contribution in [2.45, 2.75) is 18.4 Å². The zero-order chi connectivity index (χ0) is 6.85. The molecule has 0 saturated heterocycles. The Morgan fingerprint density at radius 2 is 2.33 bits per heavy atom. The summed E-state index contributed by atoms with van der Waals surface area (Å²) in [6.07, 6.45) is 2.18. The first-order valence-electron chi connectivity index (χ1n) is 3.10. The summed E-state index contributed by atoms with van der Waals surface area (Å²) in [7, 11) is 0. The van der Waals surface area contributed by atoms with Gasteiger partial charge in [0.15, 0.2) is 0 Å². The number of hydrogen-bond donors (Lipinski definition) is 0. The van der Waals surface area contributed by atoms with Crippen LogP contribution in [0.5, 0.6) is 0 Å². The average Bonchev–Trinajstić information content (AvgIpc) is 2.15. The SMILES string of the molecule is CS[C@H]1SC=C(C)[C@@H]1C. The van der Waals surface area contributed by atoms with Gasteiger partial charge in [-0.15, -0.1) is 11.8 Å². The van der Waals surface area contributed by atoms with Gasteiger partial charge in [0, 0.05) is 0 Å². The van der Waals surface area contributed by atoms with E-state index in [1.165, 1.54) is 0 Å². The molecule has 0 fully saturated rings. The second-order valence-electron chi connectivity index (χ2n) is 2.39. The number of thioether (sulfide) groups is 2. The first-order valence-corrected chi connectivity index (χ1v) is 5.33. The Balaban J connectivity index is 2.51. The van der Waals surface area contributed by atoms with E-state index in [1.807, 2.05) is 23.5 Å². The predicted octanol–water partition coefficient (Wildman–Crippen LogP) is 2.96. The van der Waals surface area contributed by atoms with Crippen LogP contribution < -0.4 is 0 Å². The highest BCUT2D eigenvalue weighted by atomic mass is 32.2. The summed E-state index contributed by atoms with van der Waals surface area (Å²) in [5.74, 6) is 0.782. The monoisotopic (exact) mass is 160 g/mol. The molecule has 0 amide bonds. The van der Waals surface area contributed by atoms with E-state index in [2.05, 4.69) is 25.5 Å². The minimum Gasteiger partial charge on any atom is -0.150 e. The van der Waals surface area contributed by atoms with Crippen molar-refractivity contribution in [3.63, 3.8) is 0 Å². The van der Waals surface area contributed by atoms with Crippen LogP contribution in [0.2, 0.25) is 0 Å². The van der Waals surface area contributed by atoms with Gasteiger partial charge in [-0.25, -0.2) is 0 Å². The van der Waals surface area contributed by atoms with Crippen molar-refractivity contribution in [1.29, 1.82) is 0 Å². The Labute approximate surface area is 65.5 Å². The summed E-state index contributed by atoms with van der Waals surface area (Å²) < 4.78 is 0.782. The molecule has 0 nitrogen and oxygen atoms in total. The normalized spacial score (nSPS) is 34.8. The molecule has 0 radical (unpaired) electrons.